The third-order valence-electron chi connectivity index (χ3n) is 5.76. The summed E-state index contributed by atoms with van der Waals surface area (Å²) in [6.45, 7) is 3.33. The van der Waals surface area contributed by atoms with E-state index in [1.807, 2.05) is 13.0 Å². The van der Waals surface area contributed by atoms with Gasteiger partial charge in [-0.2, -0.15) is 0 Å². The predicted octanol–water partition coefficient (Wildman–Crippen LogP) is 3.83. The van der Waals surface area contributed by atoms with Crippen LogP contribution in [0.15, 0.2) is 60.8 Å². The van der Waals surface area contributed by atoms with Crippen LogP contribution in [0.3, 0.4) is 0 Å². The van der Waals surface area contributed by atoms with Crippen molar-refractivity contribution in [2.24, 2.45) is 0 Å². The summed E-state index contributed by atoms with van der Waals surface area (Å²) >= 11 is 6.12. The molecule has 3 aromatic rings. The van der Waals surface area contributed by atoms with E-state index < -0.39 is 5.82 Å². The monoisotopic (exact) mass is 482 g/mol. The summed E-state index contributed by atoms with van der Waals surface area (Å²) in [5.74, 6) is -1.07. The lowest BCUT2D eigenvalue weighted by Crippen LogP contribution is -2.51. The van der Waals surface area contributed by atoms with Crippen molar-refractivity contribution >= 4 is 35.0 Å². The summed E-state index contributed by atoms with van der Waals surface area (Å²) in [5.41, 5.74) is 2.31. The number of hydrogen-bond acceptors (Lipinski definition) is 3. The lowest BCUT2D eigenvalue weighted by atomic mass is 10.1. The molecule has 1 aromatic heterocycles. The molecule has 7 nitrogen and oxygen atoms in total. The molecule has 1 aliphatic heterocycles. The Bertz CT molecular complexity index is 1220. The Morgan fingerprint density at radius 2 is 1.59 bits per heavy atom. The van der Waals surface area contributed by atoms with E-state index in [2.05, 4.69) is 5.32 Å². The van der Waals surface area contributed by atoms with Gasteiger partial charge in [0.1, 0.15) is 18.1 Å². The molecule has 0 spiro atoms. The lowest BCUT2D eigenvalue weighted by molar-refractivity contribution is -0.116. The van der Waals surface area contributed by atoms with Gasteiger partial charge in [0.05, 0.1) is 0 Å². The molecule has 0 radical (unpaired) electrons. The lowest BCUT2D eigenvalue weighted by Gasteiger charge is -2.35. The molecule has 9 heteroatoms. The Kier molecular flexibility index (Phi) is 6.98. The Morgan fingerprint density at radius 3 is 2.24 bits per heavy atom. The van der Waals surface area contributed by atoms with Gasteiger partial charge in [-0.15, -0.1) is 0 Å². The molecule has 3 amide bonds. The van der Waals surface area contributed by atoms with Crippen molar-refractivity contribution in [3.63, 3.8) is 0 Å². The number of piperazine rings is 1. The van der Waals surface area contributed by atoms with E-state index in [9.17, 15) is 18.8 Å². The van der Waals surface area contributed by atoms with E-state index in [1.165, 1.54) is 24.3 Å². The predicted molar refractivity (Wildman–Crippen MR) is 127 cm³/mol. The van der Waals surface area contributed by atoms with Crippen LogP contribution < -0.4 is 5.32 Å². The van der Waals surface area contributed by atoms with Crippen LogP contribution in [0.4, 0.5) is 10.1 Å². The van der Waals surface area contributed by atoms with Gasteiger partial charge in [-0.25, -0.2) is 4.39 Å². The Balaban J connectivity index is 1.35. The SMILES string of the molecule is Cc1ccc(NC(=O)Cn2cccc2C(=O)N2CCN(C(=O)c3ccc(F)cc3)CC2)cc1Cl. The Labute approximate surface area is 201 Å². The average Bonchev–Trinajstić information content (AvgIpc) is 3.29. The van der Waals surface area contributed by atoms with E-state index in [0.717, 1.165) is 5.56 Å². The third-order valence-corrected chi connectivity index (χ3v) is 6.17. The Morgan fingerprint density at radius 1 is 0.941 bits per heavy atom. The molecule has 1 aliphatic rings. The van der Waals surface area contributed by atoms with E-state index in [4.69, 9.17) is 11.6 Å². The van der Waals surface area contributed by atoms with Crippen molar-refractivity contribution < 1.29 is 18.8 Å². The van der Waals surface area contributed by atoms with Gasteiger partial charge in [0.15, 0.2) is 0 Å². The molecule has 34 heavy (non-hydrogen) atoms. The number of carbonyl (C=O) groups excluding carboxylic acids is 3. The number of nitrogens with one attached hydrogen (secondary N) is 1. The number of amides is 3. The highest BCUT2D eigenvalue weighted by molar-refractivity contribution is 6.31. The zero-order valence-electron chi connectivity index (χ0n) is 18.6. The molecule has 0 saturated carbocycles. The number of hydrogen-bond donors (Lipinski definition) is 1. The minimum Gasteiger partial charge on any atom is -0.335 e. The molecular weight excluding hydrogens is 459 g/mol. The number of aryl methyl sites for hydroxylation is 1. The molecule has 0 unspecified atom stereocenters. The van der Waals surface area contributed by atoms with Gasteiger partial charge in [0.2, 0.25) is 5.91 Å². The van der Waals surface area contributed by atoms with Gasteiger partial charge in [-0.3, -0.25) is 14.4 Å². The smallest absolute Gasteiger partial charge is 0.270 e. The molecule has 2 heterocycles. The van der Waals surface area contributed by atoms with Crippen LogP contribution in [0, 0.1) is 12.7 Å². The van der Waals surface area contributed by atoms with E-state index in [-0.39, 0.29) is 24.3 Å². The van der Waals surface area contributed by atoms with E-state index in [1.54, 1.807) is 44.8 Å². The summed E-state index contributed by atoms with van der Waals surface area (Å²) in [6.07, 6.45) is 1.68. The topological polar surface area (TPSA) is 74.7 Å². The molecule has 1 fully saturated rings. The molecule has 0 bridgehead atoms. The van der Waals surface area contributed by atoms with Gasteiger partial charge in [0.25, 0.3) is 11.8 Å². The summed E-state index contributed by atoms with van der Waals surface area (Å²) < 4.78 is 14.7. The second kappa shape index (κ2) is 10.1. The van der Waals surface area contributed by atoms with Crippen LogP contribution in [-0.4, -0.2) is 58.3 Å². The number of carbonyl (C=O) groups is 3. The fraction of sp³-hybridized carbons (Fsp3) is 0.240. The van der Waals surface area contributed by atoms with Crippen LogP contribution in [0.2, 0.25) is 5.02 Å². The first-order valence-electron chi connectivity index (χ1n) is 10.9. The number of halogens is 2. The number of aromatic nitrogens is 1. The maximum atomic E-state index is 13.1. The molecular formula is C25H24ClFN4O3. The largest absolute Gasteiger partial charge is 0.335 e. The van der Waals surface area contributed by atoms with Gasteiger partial charge in [0, 0.05) is 48.6 Å². The normalized spacial score (nSPS) is 13.6. The van der Waals surface area contributed by atoms with Crippen LogP contribution >= 0.6 is 11.6 Å². The van der Waals surface area contributed by atoms with Crippen molar-refractivity contribution in [1.82, 2.24) is 14.4 Å². The average molecular weight is 483 g/mol. The maximum absolute atomic E-state index is 13.1. The first-order valence-corrected chi connectivity index (χ1v) is 11.2. The first kappa shape index (κ1) is 23.5. The Hall–Kier alpha value is -3.65. The van der Waals surface area contributed by atoms with Crippen molar-refractivity contribution in [2.45, 2.75) is 13.5 Å². The van der Waals surface area contributed by atoms with Crippen molar-refractivity contribution in [3.05, 3.63) is 88.5 Å². The highest BCUT2D eigenvalue weighted by Crippen LogP contribution is 2.20. The van der Waals surface area contributed by atoms with Gasteiger partial charge >= 0.3 is 0 Å². The first-order chi connectivity index (χ1) is 16.3. The van der Waals surface area contributed by atoms with E-state index >= 15 is 0 Å². The number of nitrogens with zero attached hydrogens (tertiary/aromatic N) is 3. The van der Waals surface area contributed by atoms with Gasteiger partial charge in [-0.05, 0) is 61.0 Å². The van der Waals surface area contributed by atoms with Crippen LogP contribution in [-0.2, 0) is 11.3 Å². The molecule has 1 N–H and O–H groups in total. The minimum atomic E-state index is -0.397. The van der Waals surface area contributed by atoms with E-state index in [0.29, 0.717) is 48.1 Å². The van der Waals surface area contributed by atoms with Gasteiger partial charge in [-0.1, -0.05) is 17.7 Å². The summed E-state index contributed by atoms with van der Waals surface area (Å²) in [6, 6.07) is 14.1. The molecule has 176 valence electrons. The highest BCUT2D eigenvalue weighted by Gasteiger charge is 2.27. The zero-order chi connectivity index (χ0) is 24.2. The fourth-order valence-corrected chi connectivity index (χ4v) is 4.00. The highest BCUT2D eigenvalue weighted by atomic mass is 35.5. The van der Waals surface area contributed by atoms with Crippen LogP contribution in [0.25, 0.3) is 0 Å². The summed E-state index contributed by atoms with van der Waals surface area (Å²) in [7, 11) is 0. The molecule has 0 atom stereocenters. The van der Waals surface area contributed by atoms with Crippen molar-refractivity contribution in [1.29, 1.82) is 0 Å². The van der Waals surface area contributed by atoms with Crippen molar-refractivity contribution in [2.75, 3.05) is 31.5 Å². The molecule has 1 saturated heterocycles. The van der Waals surface area contributed by atoms with Crippen molar-refractivity contribution in [3.8, 4) is 0 Å². The number of anilines is 1. The quantitative estimate of drug-likeness (QED) is 0.600. The minimum absolute atomic E-state index is 0.0252. The summed E-state index contributed by atoms with van der Waals surface area (Å²) in [4.78, 5) is 41.6. The second-order valence-electron chi connectivity index (χ2n) is 8.12. The van der Waals surface area contributed by atoms with Crippen LogP contribution in [0.5, 0.6) is 0 Å². The van der Waals surface area contributed by atoms with Crippen LogP contribution in [0.1, 0.15) is 26.4 Å². The maximum Gasteiger partial charge on any atom is 0.270 e. The molecule has 0 aliphatic carbocycles. The molecule has 4 rings (SSSR count). The zero-order valence-corrected chi connectivity index (χ0v) is 19.4. The fourth-order valence-electron chi connectivity index (χ4n) is 3.82. The third kappa shape index (κ3) is 5.28. The molecule has 2 aromatic carbocycles. The summed E-state index contributed by atoms with van der Waals surface area (Å²) in [5, 5.41) is 3.36. The number of rotatable bonds is 5. The second-order valence-corrected chi connectivity index (χ2v) is 8.53. The standard InChI is InChI=1S/C25H24ClFN4O3/c1-17-4-9-20(15-21(17)26)28-23(32)16-31-10-2-3-22(31)25(34)30-13-11-29(12-14-30)24(33)18-5-7-19(27)8-6-18/h2-10,15H,11-14,16H2,1H3,(H,28,32). The number of benzene rings is 2. The van der Waals surface area contributed by atoms with Gasteiger partial charge < -0.3 is 19.7 Å².